The van der Waals surface area contributed by atoms with Crippen molar-refractivity contribution in [3.63, 3.8) is 0 Å². The summed E-state index contributed by atoms with van der Waals surface area (Å²) in [5.74, 6) is 2.23. The highest BCUT2D eigenvalue weighted by molar-refractivity contribution is 9.10. The summed E-state index contributed by atoms with van der Waals surface area (Å²) in [6.45, 7) is 1.10. The van der Waals surface area contributed by atoms with Crippen LogP contribution in [0.3, 0.4) is 0 Å². The van der Waals surface area contributed by atoms with Gasteiger partial charge in [-0.2, -0.15) is 0 Å². The molecule has 1 aromatic carbocycles. The van der Waals surface area contributed by atoms with Gasteiger partial charge < -0.3 is 9.64 Å². The van der Waals surface area contributed by atoms with E-state index in [1.54, 1.807) is 24.3 Å². The molecule has 1 aromatic rings. The lowest BCUT2D eigenvalue weighted by atomic mass is 9.49. The fourth-order valence-electron chi connectivity index (χ4n) is 6.19. The summed E-state index contributed by atoms with van der Waals surface area (Å²) < 4.78 is 29.2. The first-order valence-corrected chi connectivity index (χ1v) is 13.1. The number of sulfone groups is 1. The van der Waals surface area contributed by atoms with E-state index in [4.69, 9.17) is 4.74 Å². The standard InChI is InChI=1S/C22H30BrNO4S/c1-24(7-4-8-28-18-5-3-6-19(10-18)29(2,26)27)20(25)21-11-16-9-17(12-21)14-22(23,13-16)15-21/h3,5-6,10,16-17H,4,7-9,11-15H2,1-2H3. The molecule has 0 aromatic heterocycles. The second-order valence-electron chi connectivity index (χ2n) is 9.57. The lowest BCUT2D eigenvalue weighted by molar-refractivity contribution is -0.154. The van der Waals surface area contributed by atoms with E-state index in [0.29, 0.717) is 43.1 Å². The topological polar surface area (TPSA) is 63.7 Å². The van der Waals surface area contributed by atoms with E-state index in [1.165, 1.54) is 25.5 Å². The number of halogens is 1. The van der Waals surface area contributed by atoms with Crippen LogP contribution in [0, 0.1) is 17.3 Å². The van der Waals surface area contributed by atoms with Crippen LogP contribution < -0.4 is 4.74 Å². The van der Waals surface area contributed by atoms with Gasteiger partial charge in [0.1, 0.15) is 5.75 Å². The first-order chi connectivity index (χ1) is 13.6. The highest BCUT2D eigenvalue weighted by Gasteiger charge is 2.60. The van der Waals surface area contributed by atoms with Crippen molar-refractivity contribution in [1.29, 1.82) is 0 Å². The Hall–Kier alpha value is -1.08. The molecule has 160 valence electrons. The Morgan fingerprint density at radius 2 is 1.93 bits per heavy atom. The summed E-state index contributed by atoms with van der Waals surface area (Å²) >= 11 is 3.99. The van der Waals surface area contributed by atoms with Crippen LogP contribution in [0.1, 0.15) is 44.9 Å². The van der Waals surface area contributed by atoms with Crippen molar-refractivity contribution in [2.75, 3.05) is 26.5 Å². The molecule has 0 spiro atoms. The number of hydrogen-bond acceptors (Lipinski definition) is 4. The van der Waals surface area contributed by atoms with Gasteiger partial charge in [-0.05, 0) is 75.0 Å². The maximum Gasteiger partial charge on any atom is 0.228 e. The lowest BCUT2D eigenvalue weighted by Crippen LogP contribution is -2.58. The van der Waals surface area contributed by atoms with Crippen molar-refractivity contribution < 1.29 is 17.9 Å². The van der Waals surface area contributed by atoms with Crippen LogP contribution in [0.25, 0.3) is 0 Å². The highest BCUT2D eigenvalue weighted by atomic mass is 79.9. The predicted molar refractivity (Wildman–Crippen MR) is 116 cm³/mol. The average molecular weight is 484 g/mol. The van der Waals surface area contributed by atoms with Gasteiger partial charge in [-0.15, -0.1) is 0 Å². The maximum absolute atomic E-state index is 13.4. The third-order valence-corrected chi connectivity index (χ3v) is 8.97. The van der Waals surface area contributed by atoms with Gasteiger partial charge in [-0.1, -0.05) is 22.0 Å². The quantitative estimate of drug-likeness (QED) is 0.433. The van der Waals surface area contributed by atoms with Crippen molar-refractivity contribution in [1.82, 2.24) is 4.90 Å². The van der Waals surface area contributed by atoms with Gasteiger partial charge in [0.05, 0.1) is 16.9 Å². The van der Waals surface area contributed by atoms with Crippen molar-refractivity contribution in [3.05, 3.63) is 24.3 Å². The van der Waals surface area contributed by atoms with Gasteiger partial charge in [0.25, 0.3) is 0 Å². The third kappa shape index (κ3) is 4.36. The molecule has 0 saturated heterocycles. The number of nitrogens with zero attached hydrogens (tertiary/aromatic N) is 1. The summed E-state index contributed by atoms with van der Waals surface area (Å²) in [7, 11) is -1.34. The Morgan fingerprint density at radius 3 is 2.55 bits per heavy atom. The first-order valence-electron chi connectivity index (χ1n) is 10.5. The lowest BCUT2D eigenvalue weighted by Gasteiger charge is -2.60. The van der Waals surface area contributed by atoms with Crippen LogP contribution in [-0.4, -0.2) is 50.0 Å². The molecule has 2 unspecified atom stereocenters. The average Bonchev–Trinajstić information content (AvgIpc) is 2.62. The number of ether oxygens (including phenoxy) is 1. The summed E-state index contributed by atoms with van der Waals surface area (Å²) in [6.07, 6.45) is 8.73. The maximum atomic E-state index is 13.4. The Bertz CT molecular complexity index is 886. The van der Waals surface area contributed by atoms with E-state index in [9.17, 15) is 13.2 Å². The van der Waals surface area contributed by atoms with Gasteiger partial charge in [0.15, 0.2) is 9.84 Å². The molecular weight excluding hydrogens is 454 g/mol. The Kier molecular flexibility index (Phi) is 5.52. The van der Waals surface area contributed by atoms with Gasteiger partial charge in [0.2, 0.25) is 5.91 Å². The molecule has 4 aliphatic carbocycles. The minimum Gasteiger partial charge on any atom is -0.493 e. The normalized spacial score (nSPS) is 32.9. The highest BCUT2D eigenvalue weighted by Crippen LogP contribution is 2.64. The number of carbonyl (C=O) groups excluding carboxylic acids is 1. The molecular formula is C22H30BrNO4S. The molecule has 4 aliphatic rings. The van der Waals surface area contributed by atoms with Crippen molar-refractivity contribution in [3.8, 4) is 5.75 Å². The summed E-state index contributed by atoms with van der Waals surface area (Å²) in [4.78, 5) is 15.5. The molecule has 5 nitrogen and oxygen atoms in total. The van der Waals surface area contributed by atoms with E-state index in [-0.39, 0.29) is 14.6 Å². The zero-order valence-corrected chi connectivity index (χ0v) is 19.6. The molecule has 5 rings (SSSR count). The third-order valence-electron chi connectivity index (χ3n) is 6.93. The number of benzene rings is 1. The monoisotopic (exact) mass is 483 g/mol. The summed E-state index contributed by atoms with van der Waals surface area (Å²) in [5.41, 5.74) is -0.174. The van der Waals surface area contributed by atoms with E-state index in [2.05, 4.69) is 15.9 Å². The zero-order chi connectivity index (χ0) is 20.9. The van der Waals surface area contributed by atoms with Crippen LogP contribution in [0.2, 0.25) is 0 Å². The molecule has 7 heteroatoms. The van der Waals surface area contributed by atoms with Gasteiger partial charge in [-0.3, -0.25) is 4.79 Å². The molecule has 1 amide bonds. The van der Waals surface area contributed by atoms with E-state index >= 15 is 0 Å². The smallest absolute Gasteiger partial charge is 0.228 e. The van der Waals surface area contributed by atoms with Crippen LogP contribution in [-0.2, 0) is 14.6 Å². The number of carbonyl (C=O) groups is 1. The van der Waals surface area contributed by atoms with Crippen LogP contribution in [0.15, 0.2) is 29.2 Å². The van der Waals surface area contributed by atoms with Crippen molar-refractivity contribution in [2.45, 2.75) is 54.2 Å². The largest absolute Gasteiger partial charge is 0.493 e. The molecule has 0 N–H and O–H groups in total. The predicted octanol–water partition coefficient (Wildman–Crippen LogP) is 4.05. The molecule has 0 radical (unpaired) electrons. The minimum atomic E-state index is -3.24. The molecule has 0 aliphatic heterocycles. The van der Waals surface area contributed by atoms with E-state index in [0.717, 1.165) is 19.3 Å². The van der Waals surface area contributed by atoms with E-state index in [1.807, 2.05) is 11.9 Å². The molecule has 2 atom stereocenters. The first kappa shape index (κ1) is 21.2. The Morgan fingerprint density at radius 1 is 1.24 bits per heavy atom. The fraction of sp³-hybridized carbons (Fsp3) is 0.682. The summed E-state index contributed by atoms with van der Waals surface area (Å²) in [5, 5.41) is 0. The van der Waals surface area contributed by atoms with Gasteiger partial charge in [0, 0.05) is 24.2 Å². The molecule has 4 fully saturated rings. The Balaban J connectivity index is 1.30. The molecule has 4 bridgehead atoms. The second kappa shape index (κ2) is 7.56. The van der Waals surface area contributed by atoms with Crippen LogP contribution >= 0.6 is 15.9 Å². The van der Waals surface area contributed by atoms with Crippen LogP contribution in [0.5, 0.6) is 5.75 Å². The molecule has 0 heterocycles. The van der Waals surface area contributed by atoms with E-state index < -0.39 is 9.84 Å². The van der Waals surface area contributed by atoms with Gasteiger partial charge >= 0.3 is 0 Å². The SMILES string of the molecule is CN(CCCOc1cccc(S(C)(=O)=O)c1)C(=O)C12CC3CC(CC(Br)(C3)C1)C2. The minimum absolute atomic E-state index is 0.174. The van der Waals surface area contributed by atoms with Gasteiger partial charge in [-0.25, -0.2) is 8.42 Å². The number of alkyl halides is 1. The zero-order valence-electron chi connectivity index (χ0n) is 17.2. The van der Waals surface area contributed by atoms with Crippen LogP contribution in [0.4, 0.5) is 0 Å². The number of hydrogen-bond donors (Lipinski definition) is 0. The van der Waals surface area contributed by atoms with Crippen molar-refractivity contribution >= 4 is 31.7 Å². The molecule has 29 heavy (non-hydrogen) atoms. The van der Waals surface area contributed by atoms with Crippen molar-refractivity contribution in [2.24, 2.45) is 17.3 Å². The molecule has 4 saturated carbocycles. The Labute approximate surface area is 182 Å². The second-order valence-corrected chi connectivity index (χ2v) is 13.3. The summed E-state index contributed by atoms with van der Waals surface area (Å²) in [6, 6.07) is 6.56. The fourth-order valence-corrected chi connectivity index (χ4v) is 8.30. The number of rotatable bonds is 7. The number of amides is 1.